The lowest BCUT2D eigenvalue weighted by atomic mass is 9.90. The molecule has 1 aliphatic carbocycles. The number of amides is 1. The van der Waals surface area contributed by atoms with Crippen LogP contribution in [0.4, 0.5) is 19.0 Å². The van der Waals surface area contributed by atoms with Crippen molar-refractivity contribution in [1.29, 1.82) is 0 Å². The molecule has 0 radical (unpaired) electrons. The molecule has 0 saturated heterocycles. The monoisotopic (exact) mass is 459 g/mol. The molecule has 0 spiro atoms. The van der Waals surface area contributed by atoms with Crippen LogP contribution >= 0.6 is 0 Å². The lowest BCUT2D eigenvalue weighted by molar-refractivity contribution is -0.192. The molecule has 5 rings (SSSR count). The highest BCUT2D eigenvalue weighted by atomic mass is 19.4. The number of carbonyl (C=O) groups is 2. The van der Waals surface area contributed by atoms with Crippen molar-refractivity contribution in [2.45, 2.75) is 32.1 Å². The molecule has 0 bridgehead atoms. The summed E-state index contributed by atoms with van der Waals surface area (Å²) < 4.78 is 33.6. The third-order valence-corrected chi connectivity index (χ3v) is 5.32. The maximum atomic E-state index is 12.3. The standard InChI is InChI=1S/C20H19N5O.C2HF3O2/c26-20-19-15-7-6-14-12-23-17(22-11-13-4-2-1-3-5-13)10-16(14)18(15)24-25(19)9-8-21-20;3-2(4,5)1(6)7/h1-5,10,12H,6-9,11H2,(H,21,26)(H,22,23);(H,6,7). The zero-order chi connectivity index (χ0) is 23.6. The van der Waals surface area contributed by atoms with Crippen molar-refractivity contribution in [3.63, 3.8) is 0 Å². The Morgan fingerprint density at radius 1 is 1.21 bits per heavy atom. The number of rotatable bonds is 3. The Kier molecular flexibility index (Phi) is 6.03. The minimum Gasteiger partial charge on any atom is -0.475 e. The van der Waals surface area contributed by atoms with Gasteiger partial charge >= 0.3 is 12.1 Å². The van der Waals surface area contributed by atoms with Gasteiger partial charge in [0.15, 0.2) is 0 Å². The highest BCUT2D eigenvalue weighted by molar-refractivity contribution is 5.97. The third-order valence-electron chi connectivity index (χ3n) is 5.32. The molecule has 0 unspecified atom stereocenters. The molecule has 8 nitrogen and oxygen atoms in total. The summed E-state index contributed by atoms with van der Waals surface area (Å²) in [5, 5.41) is 18.2. The molecular formula is C22H20F3N5O3. The Morgan fingerprint density at radius 2 is 1.94 bits per heavy atom. The Labute approximate surface area is 186 Å². The fourth-order valence-electron chi connectivity index (χ4n) is 3.78. The van der Waals surface area contributed by atoms with Gasteiger partial charge in [0, 0.05) is 30.4 Å². The van der Waals surface area contributed by atoms with Gasteiger partial charge in [-0.1, -0.05) is 30.3 Å². The van der Waals surface area contributed by atoms with E-state index in [-0.39, 0.29) is 5.91 Å². The molecule has 2 aliphatic rings. The molecule has 3 N–H and O–H groups in total. The Hall–Kier alpha value is -3.89. The van der Waals surface area contributed by atoms with Crippen LogP contribution < -0.4 is 10.6 Å². The van der Waals surface area contributed by atoms with Crippen molar-refractivity contribution in [1.82, 2.24) is 20.1 Å². The van der Waals surface area contributed by atoms with Crippen molar-refractivity contribution in [3.05, 3.63) is 65.0 Å². The number of alkyl halides is 3. The van der Waals surface area contributed by atoms with Gasteiger partial charge in [0.25, 0.3) is 5.91 Å². The number of anilines is 1. The first kappa shape index (κ1) is 22.3. The van der Waals surface area contributed by atoms with Gasteiger partial charge in [-0.25, -0.2) is 9.78 Å². The van der Waals surface area contributed by atoms with E-state index in [2.05, 4.69) is 33.8 Å². The largest absolute Gasteiger partial charge is 0.490 e. The Balaban J connectivity index is 0.000000325. The minimum atomic E-state index is -5.08. The number of benzene rings is 1. The SMILES string of the molecule is O=C(O)C(F)(F)F.O=C1NCCn2nc3c(c21)CCc1cnc(NCc2ccccc2)cc1-3. The zero-order valence-electron chi connectivity index (χ0n) is 17.3. The molecule has 1 amide bonds. The molecular weight excluding hydrogens is 439 g/mol. The van der Waals surface area contributed by atoms with E-state index in [0.717, 1.165) is 54.3 Å². The van der Waals surface area contributed by atoms with Crippen LogP contribution in [-0.2, 0) is 30.7 Å². The summed E-state index contributed by atoms with van der Waals surface area (Å²) in [6, 6.07) is 12.3. The highest BCUT2D eigenvalue weighted by Crippen LogP contribution is 2.36. The van der Waals surface area contributed by atoms with Gasteiger partial charge in [-0.15, -0.1) is 0 Å². The van der Waals surface area contributed by atoms with E-state index in [0.29, 0.717) is 6.54 Å². The molecule has 0 saturated carbocycles. The van der Waals surface area contributed by atoms with Crippen LogP contribution in [0.15, 0.2) is 42.6 Å². The predicted molar refractivity (Wildman–Crippen MR) is 113 cm³/mol. The van der Waals surface area contributed by atoms with Gasteiger partial charge in [-0.05, 0) is 30.0 Å². The molecule has 0 fully saturated rings. The van der Waals surface area contributed by atoms with Gasteiger partial charge in [0.05, 0.1) is 12.2 Å². The number of nitrogens with zero attached hydrogens (tertiary/aromatic N) is 3. The molecule has 3 heterocycles. The number of fused-ring (bicyclic) bond motifs is 5. The summed E-state index contributed by atoms with van der Waals surface area (Å²) >= 11 is 0. The van der Waals surface area contributed by atoms with Crippen molar-refractivity contribution >= 4 is 17.7 Å². The van der Waals surface area contributed by atoms with E-state index in [4.69, 9.17) is 15.0 Å². The summed E-state index contributed by atoms with van der Waals surface area (Å²) in [6.07, 6.45) is -1.42. The third kappa shape index (κ3) is 4.81. The van der Waals surface area contributed by atoms with Crippen LogP contribution in [0.2, 0.25) is 0 Å². The number of hydrogen-bond acceptors (Lipinski definition) is 5. The number of aromatic nitrogens is 3. The first-order valence-corrected chi connectivity index (χ1v) is 10.2. The van der Waals surface area contributed by atoms with Crippen LogP contribution in [0.1, 0.15) is 27.2 Å². The minimum absolute atomic E-state index is 0.00932. The summed E-state index contributed by atoms with van der Waals surface area (Å²) in [5.74, 6) is -1.94. The number of aryl methyl sites for hydroxylation is 1. The number of carboxylic acids is 1. The number of hydrogen-bond donors (Lipinski definition) is 3. The van der Waals surface area contributed by atoms with Crippen LogP contribution in [-0.4, -0.2) is 44.5 Å². The molecule has 33 heavy (non-hydrogen) atoms. The first-order chi connectivity index (χ1) is 15.7. The summed E-state index contributed by atoms with van der Waals surface area (Å²) in [5.41, 5.74) is 6.22. The molecule has 11 heteroatoms. The predicted octanol–water partition coefficient (Wildman–Crippen LogP) is 3.03. The van der Waals surface area contributed by atoms with Crippen molar-refractivity contribution in [2.24, 2.45) is 0 Å². The van der Waals surface area contributed by atoms with Gasteiger partial charge in [-0.3, -0.25) is 9.48 Å². The zero-order valence-corrected chi connectivity index (χ0v) is 17.3. The number of aliphatic carboxylic acids is 1. The lowest BCUT2D eigenvalue weighted by Gasteiger charge is -2.18. The second-order valence-corrected chi connectivity index (χ2v) is 7.52. The van der Waals surface area contributed by atoms with E-state index < -0.39 is 12.1 Å². The average molecular weight is 459 g/mol. The molecule has 2 aromatic heterocycles. The molecule has 1 aliphatic heterocycles. The smallest absolute Gasteiger partial charge is 0.475 e. The van der Waals surface area contributed by atoms with Crippen LogP contribution in [0.25, 0.3) is 11.3 Å². The van der Waals surface area contributed by atoms with E-state index in [9.17, 15) is 18.0 Å². The number of halogens is 3. The van der Waals surface area contributed by atoms with Crippen molar-refractivity contribution in [2.75, 3.05) is 11.9 Å². The molecule has 1 aromatic carbocycles. The fourth-order valence-corrected chi connectivity index (χ4v) is 3.78. The fraction of sp³-hybridized carbons (Fsp3) is 0.273. The first-order valence-electron chi connectivity index (χ1n) is 10.2. The normalized spacial score (nSPS) is 14.1. The van der Waals surface area contributed by atoms with Crippen molar-refractivity contribution < 1.29 is 27.9 Å². The van der Waals surface area contributed by atoms with Gasteiger partial charge < -0.3 is 15.7 Å². The molecule has 0 atom stereocenters. The summed E-state index contributed by atoms with van der Waals surface area (Å²) in [4.78, 5) is 25.7. The van der Waals surface area contributed by atoms with Crippen LogP contribution in [0, 0.1) is 0 Å². The van der Waals surface area contributed by atoms with Crippen molar-refractivity contribution in [3.8, 4) is 11.3 Å². The molecule has 3 aromatic rings. The van der Waals surface area contributed by atoms with E-state index in [1.807, 2.05) is 29.1 Å². The van der Waals surface area contributed by atoms with E-state index in [1.165, 1.54) is 11.1 Å². The number of nitrogens with one attached hydrogen (secondary N) is 2. The maximum absolute atomic E-state index is 12.3. The van der Waals surface area contributed by atoms with E-state index in [1.54, 1.807) is 0 Å². The lowest BCUT2D eigenvalue weighted by Crippen LogP contribution is -2.36. The quantitative estimate of drug-likeness (QED) is 0.556. The van der Waals surface area contributed by atoms with Gasteiger partial charge in [-0.2, -0.15) is 18.3 Å². The Bertz CT molecular complexity index is 1190. The van der Waals surface area contributed by atoms with Crippen LogP contribution in [0.3, 0.4) is 0 Å². The highest BCUT2D eigenvalue weighted by Gasteiger charge is 2.38. The van der Waals surface area contributed by atoms with Gasteiger partial charge in [0.1, 0.15) is 11.5 Å². The topological polar surface area (TPSA) is 109 Å². The molecule has 172 valence electrons. The number of pyridine rings is 1. The maximum Gasteiger partial charge on any atom is 0.490 e. The summed E-state index contributed by atoms with van der Waals surface area (Å²) in [7, 11) is 0. The Morgan fingerprint density at radius 3 is 2.64 bits per heavy atom. The van der Waals surface area contributed by atoms with E-state index >= 15 is 0 Å². The second-order valence-electron chi connectivity index (χ2n) is 7.52. The number of carbonyl (C=O) groups excluding carboxylic acids is 1. The number of carboxylic acid groups (broad SMARTS) is 1. The second kappa shape index (κ2) is 8.93. The summed E-state index contributed by atoms with van der Waals surface area (Å²) in [6.45, 7) is 2.09. The van der Waals surface area contributed by atoms with Crippen LogP contribution in [0.5, 0.6) is 0 Å². The van der Waals surface area contributed by atoms with Gasteiger partial charge in [0.2, 0.25) is 0 Å². The average Bonchev–Trinajstić information content (AvgIpc) is 3.18.